The zero-order valence-corrected chi connectivity index (χ0v) is 19.6. The minimum Gasteiger partial charge on any atom is -0.493 e. The Morgan fingerprint density at radius 2 is 1.86 bits per heavy atom. The molecule has 1 amide bonds. The molecule has 184 valence electrons. The monoisotopic (exact) mass is 497 g/mol. The summed E-state index contributed by atoms with van der Waals surface area (Å²) in [6, 6.07) is 23.3. The maximum Gasteiger partial charge on any atom is 0.271 e. The molecule has 0 atom stereocenters. The molecule has 0 fully saturated rings. The van der Waals surface area contributed by atoms with E-state index >= 15 is 0 Å². The van der Waals surface area contributed by atoms with Crippen LogP contribution in [0.1, 0.15) is 11.1 Å². The lowest BCUT2D eigenvalue weighted by Gasteiger charge is -2.13. The van der Waals surface area contributed by atoms with Gasteiger partial charge in [-0.25, -0.2) is 4.39 Å². The third-order valence-corrected chi connectivity index (χ3v) is 5.54. The van der Waals surface area contributed by atoms with E-state index in [1.807, 2.05) is 42.5 Å². The second-order valence-corrected chi connectivity index (χ2v) is 7.88. The van der Waals surface area contributed by atoms with Crippen LogP contribution in [-0.2, 0) is 11.4 Å². The van der Waals surface area contributed by atoms with Crippen LogP contribution in [0.5, 0.6) is 11.5 Å². The minimum atomic E-state index is -0.919. The van der Waals surface area contributed by atoms with Gasteiger partial charge in [-0.15, -0.1) is 0 Å². The number of halogens is 1. The van der Waals surface area contributed by atoms with E-state index in [0.29, 0.717) is 23.7 Å². The number of carbonyl (C=O) groups is 1. The quantitative estimate of drug-likeness (QED) is 0.138. The Balaban J connectivity index is 1.53. The van der Waals surface area contributed by atoms with Gasteiger partial charge in [0.25, 0.3) is 11.6 Å². The zero-order valence-electron chi connectivity index (χ0n) is 19.6. The molecule has 4 aromatic carbocycles. The molecule has 0 radical (unpaired) electrons. The normalized spacial score (nSPS) is 11.0. The summed E-state index contributed by atoms with van der Waals surface area (Å²) in [6.45, 7) is 0.299. The molecule has 37 heavy (non-hydrogen) atoms. The third kappa shape index (κ3) is 5.71. The fourth-order valence-corrected chi connectivity index (χ4v) is 3.69. The highest BCUT2D eigenvalue weighted by Crippen LogP contribution is 2.31. The van der Waals surface area contributed by atoms with E-state index in [-0.39, 0.29) is 5.57 Å². The molecule has 0 aliphatic rings. The third-order valence-electron chi connectivity index (χ3n) is 5.54. The van der Waals surface area contributed by atoms with E-state index in [4.69, 9.17) is 9.47 Å². The van der Waals surface area contributed by atoms with Crippen LogP contribution >= 0.6 is 0 Å². The summed E-state index contributed by atoms with van der Waals surface area (Å²) in [6.07, 6.45) is 1.29. The van der Waals surface area contributed by atoms with Gasteiger partial charge in [0, 0.05) is 12.1 Å². The molecule has 9 heteroatoms. The number of hydrogen-bond acceptors (Lipinski definition) is 6. The van der Waals surface area contributed by atoms with Gasteiger partial charge in [0.1, 0.15) is 24.1 Å². The number of nitrogens with one attached hydrogen (secondary N) is 1. The average molecular weight is 497 g/mol. The molecule has 0 unspecified atom stereocenters. The lowest BCUT2D eigenvalue weighted by Crippen LogP contribution is -2.14. The van der Waals surface area contributed by atoms with E-state index in [0.717, 1.165) is 34.5 Å². The highest BCUT2D eigenvalue weighted by atomic mass is 19.1. The van der Waals surface area contributed by atoms with Gasteiger partial charge in [0.2, 0.25) is 0 Å². The van der Waals surface area contributed by atoms with Gasteiger partial charge in [-0.1, -0.05) is 48.5 Å². The molecule has 0 aliphatic heterocycles. The molecular formula is C28H20FN3O5. The van der Waals surface area contributed by atoms with Crippen LogP contribution in [0.2, 0.25) is 0 Å². The maximum atomic E-state index is 14.0. The zero-order chi connectivity index (χ0) is 26.4. The van der Waals surface area contributed by atoms with Gasteiger partial charge in [0.05, 0.1) is 17.7 Å². The largest absolute Gasteiger partial charge is 0.493 e. The first kappa shape index (κ1) is 24.9. The molecule has 0 aromatic heterocycles. The number of ether oxygens (including phenoxy) is 2. The molecule has 0 saturated carbocycles. The van der Waals surface area contributed by atoms with Gasteiger partial charge >= 0.3 is 0 Å². The van der Waals surface area contributed by atoms with Crippen molar-refractivity contribution in [3.05, 3.63) is 111 Å². The van der Waals surface area contributed by atoms with Gasteiger partial charge in [-0.05, 0) is 46.2 Å². The van der Waals surface area contributed by atoms with Crippen molar-refractivity contribution in [3.63, 3.8) is 0 Å². The number of benzene rings is 4. The Morgan fingerprint density at radius 3 is 2.62 bits per heavy atom. The van der Waals surface area contributed by atoms with Crippen molar-refractivity contribution < 1.29 is 23.6 Å². The smallest absolute Gasteiger partial charge is 0.271 e. The van der Waals surface area contributed by atoms with E-state index in [1.54, 1.807) is 24.3 Å². The number of nitriles is 1. The first-order valence-electron chi connectivity index (χ1n) is 11.0. The predicted octanol–water partition coefficient (Wildman–Crippen LogP) is 6.02. The van der Waals surface area contributed by atoms with E-state index in [9.17, 15) is 24.6 Å². The fraction of sp³-hybridized carbons (Fsp3) is 0.0714. The Labute approximate surface area is 211 Å². The maximum absolute atomic E-state index is 14.0. The molecule has 0 heterocycles. The number of carbonyl (C=O) groups excluding carboxylic acids is 1. The van der Waals surface area contributed by atoms with Crippen LogP contribution in [0, 0.1) is 27.3 Å². The number of hydrogen-bond donors (Lipinski definition) is 1. The Hall–Kier alpha value is -5.23. The van der Waals surface area contributed by atoms with Crippen molar-refractivity contribution in [1.82, 2.24) is 0 Å². The molecule has 4 rings (SSSR count). The Bertz CT molecular complexity index is 1570. The number of nitro groups is 1. The summed E-state index contributed by atoms with van der Waals surface area (Å²) in [5.74, 6) is -0.937. The average Bonchev–Trinajstić information content (AvgIpc) is 2.91. The minimum absolute atomic E-state index is 0.299. The number of fused-ring (bicyclic) bond motifs is 1. The highest BCUT2D eigenvalue weighted by Gasteiger charge is 2.16. The Morgan fingerprint density at radius 1 is 1.08 bits per heavy atom. The SMILES string of the molecule is COc1cc(/C=C(\C#N)C(=O)Nc2cc([N+](=O)[O-])ccc2F)ccc1OCc1cccc2ccccc12. The van der Waals surface area contributed by atoms with Crippen molar-refractivity contribution in [2.45, 2.75) is 6.61 Å². The molecule has 8 nitrogen and oxygen atoms in total. The molecule has 0 saturated heterocycles. The van der Waals surface area contributed by atoms with Gasteiger partial charge in [0.15, 0.2) is 11.5 Å². The second-order valence-electron chi connectivity index (χ2n) is 7.88. The van der Waals surface area contributed by atoms with Crippen molar-refractivity contribution >= 4 is 34.1 Å². The van der Waals surface area contributed by atoms with E-state index in [2.05, 4.69) is 5.32 Å². The van der Waals surface area contributed by atoms with Crippen molar-refractivity contribution in [1.29, 1.82) is 5.26 Å². The van der Waals surface area contributed by atoms with Crippen molar-refractivity contribution in [3.8, 4) is 17.6 Å². The van der Waals surface area contributed by atoms with Gasteiger partial charge in [-0.2, -0.15) is 5.26 Å². The first-order valence-corrected chi connectivity index (χ1v) is 11.0. The summed E-state index contributed by atoms with van der Waals surface area (Å²) in [7, 11) is 1.47. The molecule has 0 spiro atoms. The summed E-state index contributed by atoms with van der Waals surface area (Å²) in [5.41, 5.74) is 0.317. The number of nitrogens with zero attached hydrogens (tertiary/aromatic N) is 2. The molecule has 1 N–H and O–H groups in total. The van der Waals surface area contributed by atoms with Crippen LogP contribution in [0.4, 0.5) is 15.8 Å². The van der Waals surface area contributed by atoms with Crippen LogP contribution in [0.3, 0.4) is 0 Å². The second kappa shape index (κ2) is 11.0. The number of nitro benzene ring substituents is 1. The molecule has 0 bridgehead atoms. The molecule has 0 aliphatic carbocycles. The summed E-state index contributed by atoms with van der Waals surface area (Å²) < 4.78 is 25.5. The number of non-ortho nitro benzene ring substituents is 1. The number of methoxy groups -OCH3 is 1. The number of amides is 1. The predicted molar refractivity (Wildman–Crippen MR) is 137 cm³/mol. The van der Waals surface area contributed by atoms with Gasteiger partial charge in [-0.3, -0.25) is 14.9 Å². The standard InChI is InChI=1S/C28H20FN3O5/c1-36-27-14-18(9-12-26(27)37-17-20-7-4-6-19-5-2-3-8-23(19)20)13-21(16-30)28(33)31-25-15-22(32(34)35)10-11-24(25)29/h2-15H,17H2,1H3,(H,31,33)/b21-13+. The highest BCUT2D eigenvalue weighted by molar-refractivity contribution is 6.09. The Kier molecular flexibility index (Phi) is 7.40. The van der Waals surface area contributed by atoms with Crippen molar-refractivity contribution in [2.75, 3.05) is 12.4 Å². The first-order chi connectivity index (χ1) is 17.9. The van der Waals surface area contributed by atoms with Gasteiger partial charge < -0.3 is 14.8 Å². The molecule has 4 aromatic rings. The van der Waals surface area contributed by atoms with Crippen LogP contribution < -0.4 is 14.8 Å². The summed E-state index contributed by atoms with van der Waals surface area (Å²) in [5, 5.41) is 24.8. The summed E-state index contributed by atoms with van der Waals surface area (Å²) in [4.78, 5) is 22.8. The van der Waals surface area contributed by atoms with E-state index in [1.165, 1.54) is 13.2 Å². The topological polar surface area (TPSA) is 114 Å². The number of anilines is 1. The van der Waals surface area contributed by atoms with E-state index < -0.39 is 28.0 Å². The lowest BCUT2D eigenvalue weighted by atomic mass is 10.1. The lowest BCUT2D eigenvalue weighted by molar-refractivity contribution is -0.384. The van der Waals surface area contributed by atoms with Crippen LogP contribution in [0.15, 0.2) is 84.4 Å². The van der Waals surface area contributed by atoms with Crippen LogP contribution in [0.25, 0.3) is 16.8 Å². The van der Waals surface area contributed by atoms with Crippen molar-refractivity contribution in [2.24, 2.45) is 0 Å². The fourth-order valence-electron chi connectivity index (χ4n) is 3.69. The summed E-state index contributed by atoms with van der Waals surface area (Å²) >= 11 is 0. The number of rotatable bonds is 8. The molecular weight excluding hydrogens is 477 g/mol. The van der Waals surface area contributed by atoms with Crippen LogP contribution in [-0.4, -0.2) is 17.9 Å².